The first-order valence-corrected chi connectivity index (χ1v) is 6.20. The Balaban J connectivity index is 2.45. The van der Waals surface area contributed by atoms with Crippen molar-refractivity contribution in [2.45, 2.75) is 25.8 Å². The molecule has 0 unspecified atom stereocenters. The Labute approximate surface area is 115 Å². The first-order valence-electron chi connectivity index (χ1n) is 6.20. The standard InChI is InChI=1S/C14H14FNO4/c1-3-20-13(19)14(2)8-11(17)12(18)16(14)10-6-4-9(15)5-7-10/h4-7H,3,8H2,1-2H3/t14-/m1/s1. The summed E-state index contributed by atoms with van der Waals surface area (Å²) in [7, 11) is 0. The van der Waals surface area contributed by atoms with Gasteiger partial charge >= 0.3 is 5.97 Å². The molecule has 0 aromatic heterocycles. The highest BCUT2D eigenvalue weighted by atomic mass is 19.1. The molecule has 1 aromatic rings. The summed E-state index contributed by atoms with van der Waals surface area (Å²) in [6.45, 7) is 3.26. The Hall–Kier alpha value is -2.24. The van der Waals surface area contributed by atoms with Gasteiger partial charge in [-0.05, 0) is 38.1 Å². The Morgan fingerprint density at radius 1 is 1.35 bits per heavy atom. The third-order valence-electron chi connectivity index (χ3n) is 3.24. The van der Waals surface area contributed by atoms with Crippen molar-refractivity contribution in [3.8, 4) is 0 Å². The first kappa shape index (κ1) is 14.2. The van der Waals surface area contributed by atoms with Crippen molar-refractivity contribution in [1.82, 2.24) is 0 Å². The lowest BCUT2D eigenvalue weighted by Crippen LogP contribution is -2.50. The van der Waals surface area contributed by atoms with Gasteiger partial charge in [0, 0.05) is 5.69 Å². The zero-order chi connectivity index (χ0) is 14.9. The topological polar surface area (TPSA) is 63.7 Å². The number of ether oxygens (including phenoxy) is 1. The number of Topliss-reactive ketones (excluding diaryl/α,β-unsaturated/α-hetero) is 1. The summed E-state index contributed by atoms with van der Waals surface area (Å²) in [6.07, 6.45) is -0.248. The van der Waals surface area contributed by atoms with E-state index in [1.54, 1.807) is 6.92 Å². The molecule has 106 valence electrons. The molecule has 0 radical (unpaired) electrons. The highest BCUT2D eigenvalue weighted by Crippen LogP contribution is 2.34. The van der Waals surface area contributed by atoms with Crippen LogP contribution in [0.1, 0.15) is 20.3 Å². The smallest absolute Gasteiger partial charge is 0.332 e. The van der Waals surface area contributed by atoms with E-state index in [-0.39, 0.29) is 18.7 Å². The van der Waals surface area contributed by atoms with Crippen LogP contribution in [0, 0.1) is 5.82 Å². The summed E-state index contributed by atoms with van der Waals surface area (Å²) in [6, 6.07) is 5.03. The molecular formula is C14H14FNO4. The average molecular weight is 279 g/mol. The molecule has 1 aromatic carbocycles. The molecule has 1 saturated heterocycles. The van der Waals surface area contributed by atoms with E-state index in [1.807, 2.05) is 0 Å². The van der Waals surface area contributed by atoms with Crippen LogP contribution < -0.4 is 4.90 Å². The van der Waals surface area contributed by atoms with Crippen molar-refractivity contribution in [2.75, 3.05) is 11.5 Å². The summed E-state index contributed by atoms with van der Waals surface area (Å²) in [4.78, 5) is 36.8. The molecule has 6 heteroatoms. The van der Waals surface area contributed by atoms with Crippen LogP contribution in [0.25, 0.3) is 0 Å². The maximum Gasteiger partial charge on any atom is 0.332 e. The number of hydrogen-bond donors (Lipinski definition) is 0. The molecule has 1 amide bonds. The lowest BCUT2D eigenvalue weighted by Gasteiger charge is -2.31. The predicted octanol–water partition coefficient (Wildman–Crippen LogP) is 1.45. The predicted molar refractivity (Wildman–Crippen MR) is 68.5 cm³/mol. The Morgan fingerprint density at radius 2 is 1.95 bits per heavy atom. The number of ketones is 1. The highest BCUT2D eigenvalue weighted by molar-refractivity contribution is 6.46. The SMILES string of the molecule is CCOC(=O)[C@@]1(C)CC(=O)C(=O)N1c1ccc(F)cc1. The molecule has 2 rings (SSSR count). The second kappa shape index (κ2) is 5.03. The van der Waals surface area contributed by atoms with E-state index in [9.17, 15) is 18.8 Å². The molecule has 0 bridgehead atoms. The summed E-state index contributed by atoms with van der Waals surface area (Å²) in [5.41, 5.74) is -1.10. The lowest BCUT2D eigenvalue weighted by molar-refractivity contribution is -0.149. The second-order valence-corrected chi connectivity index (χ2v) is 4.71. The van der Waals surface area contributed by atoms with Gasteiger partial charge in [-0.25, -0.2) is 9.18 Å². The van der Waals surface area contributed by atoms with Gasteiger partial charge in [0.05, 0.1) is 13.0 Å². The van der Waals surface area contributed by atoms with E-state index < -0.39 is 29.0 Å². The minimum atomic E-state index is -1.39. The quantitative estimate of drug-likeness (QED) is 0.620. The van der Waals surface area contributed by atoms with Crippen molar-refractivity contribution < 1.29 is 23.5 Å². The lowest BCUT2D eigenvalue weighted by atomic mass is 9.98. The van der Waals surface area contributed by atoms with Crippen LogP contribution >= 0.6 is 0 Å². The van der Waals surface area contributed by atoms with E-state index in [4.69, 9.17) is 4.74 Å². The molecule has 1 heterocycles. The van der Waals surface area contributed by atoms with Crippen LogP contribution in [0.2, 0.25) is 0 Å². The number of benzene rings is 1. The number of esters is 1. The van der Waals surface area contributed by atoms with Gasteiger partial charge in [-0.3, -0.25) is 14.5 Å². The number of anilines is 1. The van der Waals surface area contributed by atoms with Crippen molar-refractivity contribution >= 4 is 23.3 Å². The van der Waals surface area contributed by atoms with Gasteiger partial charge in [-0.2, -0.15) is 0 Å². The number of amides is 1. The molecule has 1 atom stereocenters. The molecule has 5 nitrogen and oxygen atoms in total. The third-order valence-corrected chi connectivity index (χ3v) is 3.24. The van der Waals surface area contributed by atoms with E-state index in [2.05, 4.69) is 0 Å². The summed E-state index contributed by atoms with van der Waals surface area (Å²) in [5, 5.41) is 0. The van der Waals surface area contributed by atoms with Crippen LogP contribution in [0.15, 0.2) is 24.3 Å². The molecule has 1 aliphatic heterocycles. The van der Waals surface area contributed by atoms with Crippen LogP contribution in [-0.4, -0.2) is 29.8 Å². The maximum absolute atomic E-state index is 13.0. The number of nitrogens with zero attached hydrogens (tertiary/aromatic N) is 1. The van der Waals surface area contributed by atoms with Gasteiger partial charge in [0.1, 0.15) is 11.4 Å². The van der Waals surface area contributed by atoms with E-state index in [1.165, 1.54) is 19.1 Å². The fraction of sp³-hybridized carbons (Fsp3) is 0.357. The van der Waals surface area contributed by atoms with Gasteiger partial charge in [-0.15, -0.1) is 0 Å². The van der Waals surface area contributed by atoms with Crippen molar-refractivity contribution in [3.63, 3.8) is 0 Å². The largest absolute Gasteiger partial charge is 0.464 e. The third kappa shape index (κ3) is 2.17. The van der Waals surface area contributed by atoms with Crippen LogP contribution in [0.4, 0.5) is 10.1 Å². The fourth-order valence-corrected chi connectivity index (χ4v) is 2.26. The number of hydrogen-bond acceptors (Lipinski definition) is 4. The molecular weight excluding hydrogens is 265 g/mol. The average Bonchev–Trinajstić information content (AvgIpc) is 2.63. The van der Waals surface area contributed by atoms with Gasteiger partial charge in [0.15, 0.2) is 0 Å². The summed E-state index contributed by atoms with van der Waals surface area (Å²) in [5.74, 6) is -2.56. The summed E-state index contributed by atoms with van der Waals surface area (Å²) >= 11 is 0. The number of carbonyl (C=O) groups is 3. The van der Waals surface area contributed by atoms with E-state index >= 15 is 0 Å². The Bertz CT molecular complexity index is 569. The van der Waals surface area contributed by atoms with E-state index in [0.29, 0.717) is 0 Å². The summed E-state index contributed by atoms with van der Waals surface area (Å²) < 4.78 is 17.9. The molecule has 0 spiro atoms. The van der Waals surface area contributed by atoms with Gasteiger partial charge < -0.3 is 4.74 Å². The van der Waals surface area contributed by atoms with Crippen LogP contribution in [0.3, 0.4) is 0 Å². The molecule has 0 saturated carbocycles. The normalized spacial score (nSPS) is 22.2. The number of carbonyl (C=O) groups excluding carboxylic acids is 3. The van der Waals surface area contributed by atoms with Crippen LogP contribution in [-0.2, 0) is 19.1 Å². The Morgan fingerprint density at radius 3 is 2.50 bits per heavy atom. The number of halogens is 1. The van der Waals surface area contributed by atoms with Crippen LogP contribution in [0.5, 0.6) is 0 Å². The molecule has 0 aliphatic carbocycles. The minimum absolute atomic E-state index is 0.147. The zero-order valence-corrected chi connectivity index (χ0v) is 11.2. The monoisotopic (exact) mass is 279 g/mol. The van der Waals surface area contributed by atoms with E-state index in [0.717, 1.165) is 17.0 Å². The number of rotatable bonds is 3. The maximum atomic E-state index is 13.0. The molecule has 1 fully saturated rings. The second-order valence-electron chi connectivity index (χ2n) is 4.71. The minimum Gasteiger partial charge on any atom is -0.464 e. The zero-order valence-electron chi connectivity index (χ0n) is 11.2. The first-order chi connectivity index (χ1) is 9.40. The highest BCUT2D eigenvalue weighted by Gasteiger charge is 2.54. The molecule has 1 aliphatic rings. The molecule has 20 heavy (non-hydrogen) atoms. The molecule has 0 N–H and O–H groups in total. The van der Waals surface area contributed by atoms with Gasteiger partial charge in [0.25, 0.3) is 5.91 Å². The van der Waals surface area contributed by atoms with Gasteiger partial charge in [0.2, 0.25) is 5.78 Å². The Kier molecular flexibility index (Phi) is 3.57. The van der Waals surface area contributed by atoms with Crippen molar-refractivity contribution in [2.24, 2.45) is 0 Å². The van der Waals surface area contributed by atoms with Gasteiger partial charge in [-0.1, -0.05) is 0 Å². The van der Waals surface area contributed by atoms with Crippen molar-refractivity contribution in [1.29, 1.82) is 0 Å². The van der Waals surface area contributed by atoms with Crippen molar-refractivity contribution in [3.05, 3.63) is 30.1 Å². The fourth-order valence-electron chi connectivity index (χ4n) is 2.26.